The van der Waals surface area contributed by atoms with Crippen molar-refractivity contribution in [2.24, 2.45) is 0 Å². The molecule has 0 bridgehead atoms. The van der Waals surface area contributed by atoms with Crippen molar-refractivity contribution < 1.29 is 9.53 Å². The largest absolute Gasteiger partial charge is 0.481 e. The van der Waals surface area contributed by atoms with Gasteiger partial charge in [0.2, 0.25) is 0 Å². The number of aromatic nitrogens is 4. The summed E-state index contributed by atoms with van der Waals surface area (Å²) in [4.78, 5) is 25.6. The molecule has 1 amide bonds. The number of likely N-dealkylation sites (tertiary alicyclic amines) is 1. The number of amides is 1. The minimum Gasteiger partial charge on any atom is -0.481 e. The van der Waals surface area contributed by atoms with Gasteiger partial charge < -0.3 is 14.5 Å². The zero-order valence-corrected chi connectivity index (χ0v) is 16.5. The highest BCUT2D eigenvalue weighted by atomic mass is 35.5. The van der Waals surface area contributed by atoms with Crippen LogP contribution in [-0.2, 0) is 4.79 Å². The second kappa shape index (κ2) is 7.51. The molecule has 4 heterocycles. The second-order valence-electron chi connectivity index (χ2n) is 7.46. The minimum atomic E-state index is -0.417. The maximum absolute atomic E-state index is 12.9. The van der Waals surface area contributed by atoms with Gasteiger partial charge in [-0.2, -0.15) is 5.10 Å². The number of carbonyl (C=O) groups excluding carboxylic acids is 1. The van der Waals surface area contributed by atoms with E-state index in [0.717, 1.165) is 49.2 Å². The Hall–Kier alpha value is -2.87. The lowest BCUT2D eigenvalue weighted by atomic mass is 10.0. The first kappa shape index (κ1) is 18.2. The Morgan fingerprint density at radius 3 is 2.72 bits per heavy atom. The molecular formula is C20H21ClN6O2. The lowest BCUT2D eigenvalue weighted by molar-refractivity contribution is -0.135. The molecule has 29 heavy (non-hydrogen) atoms. The van der Waals surface area contributed by atoms with Crippen molar-refractivity contribution >= 4 is 34.2 Å². The van der Waals surface area contributed by atoms with E-state index in [0.29, 0.717) is 17.3 Å². The summed E-state index contributed by atoms with van der Waals surface area (Å²) in [5, 5.41) is 8.31. The van der Waals surface area contributed by atoms with Crippen LogP contribution in [0.15, 0.2) is 36.8 Å². The van der Waals surface area contributed by atoms with Crippen LogP contribution in [-0.4, -0.2) is 62.8 Å². The highest BCUT2D eigenvalue weighted by molar-refractivity contribution is 6.29. The number of anilines is 1. The first-order valence-electron chi connectivity index (χ1n) is 9.80. The van der Waals surface area contributed by atoms with Crippen molar-refractivity contribution in [3.8, 4) is 5.75 Å². The van der Waals surface area contributed by atoms with Crippen LogP contribution < -0.4 is 9.64 Å². The van der Waals surface area contributed by atoms with E-state index in [1.165, 1.54) is 0 Å². The molecule has 0 aliphatic carbocycles. The number of nitrogens with one attached hydrogen (secondary N) is 1. The zero-order chi connectivity index (χ0) is 19.8. The van der Waals surface area contributed by atoms with Crippen molar-refractivity contribution in [1.29, 1.82) is 0 Å². The summed E-state index contributed by atoms with van der Waals surface area (Å²) < 4.78 is 6.01. The van der Waals surface area contributed by atoms with Gasteiger partial charge >= 0.3 is 0 Å². The number of hydrogen-bond donors (Lipinski definition) is 1. The van der Waals surface area contributed by atoms with Crippen LogP contribution in [0, 0.1) is 0 Å². The Morgan fingerprint density at radius 2 is 1.93 bits per heavy atom. The maximum atomic E-state index is 12.9. The minimum absolute atomic E-state index is 0.0852. The number of nitrogens with zero attached hydrogens (tertiary/aromatic N) is 5. The highest BCUT2D eigenvalue weighted by Gasteiger charge is 2.38. The van der Waals surface area contributed by atoms with Crippen LogP contribution in [0.2, 0.25) is 5.15 Å². The van der Waals surface area contributed by atoms with Gasteiger partial charge in [0.25, 0.3) is 5.91 Å². The summed E-state index contributed by atoms with van der Waals surface area (Å²) in [6, 6.07) is 5.95. The molecule has 8 nitrogen and oxygen atoms in total. The van der Waals surface area contributed by atoms with Crippen LogP contribution in [0.4, 0.5) is 5.82 Å². The van der Waals surface area contributed by atoms with Crippen molar-refractivity contribution in [1.82, 2.24) is 25.1 Å². The van der Waals surface area contributed by atoms with Crippen LogP contribution in [0.5, 0.6) is 5.75 Å². The third-order valence-electron chi connectivity index (χ3n) is 5.72. The number of hydrogen-bond acceptors (Lipinski definition) is 6. The second-order valence-corrected chi connectivity index (χ2v) is 7.85. The van der Waals surface area contributed by atoms with Crippen LogP contribution in [0.1, 0.15) is 19.3 Å². The van der Waals surface area contributed by atoms with E-state index < -0.39 is 6.10 Å². The third kappa shape index (κ3) is 3.60. The molecule has 0 saturated carbocycles. The van der Waals surface area contributed by atoms with E-state index in [2.05, 4.69) is 25.1 Å². The fraction of sp³-hybridized carbons (Fsp3) is 0.400. The number of benzene rings is 1. The molecule has 0 spiro atoms. The van der Waals surface area contributed by atoms with Gasteiger partial charge in [0.05, 0.1) is 24.1 Å². The zero-order valence-electron chi connectivity index (χ0n) is 15.8. The molecule has 2 saturated heterocycles. The van der Waals surface area contributed by atoms with Gasteiger partial charge in [-0.1, -0.05) is 11.6 Å². The van der Waals surface area contributed by atoms with E-state index in [1.807, 2.05) is 23.1 Å². The molecule has 1 atom stereocenters. The SMILES string of the molecule is O=C1C(Oc2ccc3[nH]ncc3c2)CCN1C1CCN(c2cnc(Cl)cn2)CC1. The maximum Gasteiger partial charge on any atom is 0.263 e. The smallest absolute Gasteiger partial charge is 0.263 e. The fourth-order valence-electron chi connectivity index (χ4n) is 4.18. The Balaban J connectivity index is 1.19. The first-order chi connectivity index (χ1) is 14.2. The number of ether oxygens (including phenoxy) is 1. The third-order valence-corrected chi connectivity index (χ3v) is 5.91. The molecule has 1 N–H and O–H groups in total. The average Bonchev–Trinajstić information content (AvgIpc) is 3.35. The van der Waals surface area contributed by atoms with Gasteiger partial charge in [-0.15, -0.1) is 0 Å². The summed E-state index contributed by atoms with van der Waals surface area (Å²) in [5.41, 5.74) is 0.953. The monoisotopic (exact) mass is 412 g/mol. The van der Waals surface area contributed by atoms with Gasteiger partial charge in [0.1, 0.15) is 16.7 Å². The number of fused-ring (bicyclic) bond motifs is 1. The summed E-state index contributed by atoms with van der Waals surface area (Å²) >= 11 is 5.82. The highest BCUT2D eigenvalue weighted by Crippen LogP contribution is 2.28. The van der Waals surface area contributed by atoms with Crippen LogP contribution in [0.25, 0.3) is 10.9 Å². The summed E-state index contributed by atoms with van der Waals surface area (Å²) in [5.74, 6) is 1.62. The van der Waals surface area contributed by atoms with Crippen LogP contribution in [0.3, 0.4) is 0 Å². The van der Waals surface area contributed by atoms with Crippen molar-refractivity contribution in [3.05, 3.63) is 41.9 Å². The summed E-state index contributed by atoms with van der Waals surface area (Å²) in [6.45, 7) is 2.42. The number of rotatable bonds is 4. The molecule has 2 fully saturated rings. The molecule has 3 aromatic rings. The molecule has 2 aliphatic heterocycles. The van der Waals surface area contributed by atoms with Gasteiger partial charge in [0.15, 0.2) is 6.10 Å². The Morgan fingerprint density at radius 1 is 1.07 bits per heavy atom. The molecule has 150 valence electrons. The van der Waals surface area contributed by atoms with E-state index >= 15 is 0 Å². The predicted molar refractivity (Wildman–Crippen MR) is 109 cm³/mol. The van der Waals surface area contributed by atoms with E-state index in [9.17, 15) is 4.79 Å². The van der Waals surface area contributed by atoms with Crippen molar-refractivity contribution in [2.75, 3.05) is 24.5 Å². The topological polar surface area (TPSA) is 87.2 Å². The molecular weight excluding hydrogens is 392 g/mol. The van der Waals surface area contributed by atoms with E-state index in [1.54, 1.807) is 18.6 Å². The van der Waals surface area contributed by atoms with Crippen LogP contribution >= 0.6 is 11.6 Å². The number of aromatic amines is 1. The van der Waals surface area contributed by atoms with Gasteiger partial charge in [0, 0.05) is 37.5 Å². The summed E-state index contributed by atoms with van der Waals surface area (Å²) in [7, 11) is 0. The molecule has 2 aliphatic rings. The van der Waals surface area contributed by atoms with E-state index in [4.69, 9.17) is 16.3 Å². The number of piperidine rings is 1. The first-order valence-corrected chi connectivity index (χ1v) is 10.2. The Labute approximate surface area is 172 Å². The standard InChI is InChI=1S/C20H21ClN6O2/c21-18-11-23-19(12-22-18)26-6-3-14(4-7-26)27-8-5-17(20(27)28)29-15-1-2-16-13(9-15)10-24-25-16/h1-2,9-12,14,17H,3-8H2,(H,24,25). The normalized spacial score (nSPS) is 20.6. The number of H-pyrrole nitrogens is 1. The molecule has 2 aromatic heterocycles. The quantitative estimate of drug-likeness (QED) is 0.708. The van der Waals surface area contributed by atoms with Gasteiger partial charge in [-0.05, 0) is 31.0 Å². The van der Waals surface area contributed by atoms with E-state index in [-0.39, 0.29) is 11.9 Å². The fourth-order valence-corrected chi connectivity index (χ4v) is 4.28. The Bertz CT molecular complexity index is 1020. The molecule has 0 radical (unpaired) electrons. The summed E-state index contributed by atoms with van der Waals surface area (Å²) in [6.07, 6.45) is 7.13. The number of carbonyl (C=O) groups is 1. The van der Waals surface area contributed by atoms with Crippen molar-refractivity contribution in [3.63, 3.8) is 0 Å². The lowest BCUT2D eigenvalue weighted by Gasteiger charge is -2.37. The average molecular weight is 413 g/mol. The van der Waals surface area contributed by atoms with Gasteiger partial charge in [-0.3, -0.25) is 9.89 Å². The molecule has 1 aromatic carbocycles. The van der Waals surface area contributed by atoms with Crippen molar-refractivity contribution in [2.45, 2.75) is 31.4 Å². The molecule has 5 rings (SSSR count). The predicted octanol–water partition coefficient (Wildman–Crippen LogP) is 2.66. The molecule has 9 heteroatoms. The Kier molecular flexibility index (Phi) is 4.71. The number of halogens is 1. The van der Waals surface area contributed by atoms with Gasteiger partial charge in [-0.25, -0.2) is 9.97 Å². The lowest BCUT2D eigenvalue weighted by Crippen LogP contribution is -2.47. The molecule has 1 unspecified atom stereocenters.